The van der Waals surface area contributed by atoms with E-state index in [0.717, 1.165) is 0 Å². The average Bonchev–Trinajstić information content (AvgIpc) is 2.35. The van der Waals surface area contributed by atoms with Crippen LogP contribution < -0.4 is 21.7 Å². The molecule has 1 aromatic carbocycles. The van der Waals surface area contributed by atoms with Crippen LogP contribution >= 0.6 is 0 Å². The van der Waals surface area contributed by atoms with Crippen LogP contribution in [0.5, 0.6) is 0 Å². The summed E-state index contributed by atoms with van der Waals surface area (Å²) in [7, 11) is 0. The van der Waals surface area contributed by atoms with E-state index in [2.05, 4.69) is 16.0 Å². The summed E-state index contributed by atoms with van der Waals surface area (Å²) in [5.41, 5.74) is 6.16. The Hall–Kier alpha value is -2.41. The summed E-state index contributed by atoms with van der Waals surface area (Å²) in [6, 6.07) is 6.49. The maximum atomic E-state index is 11.5. The first-order valence-corrected chi connectivity index (χ1v) is 5.70. The molecule has 19 heavy (non-hydrogen) atoms. The van der Waals surface area contributed by atoms with Crippen molar-refractivity contribution in [2.75, 3.05) is 23.7 Å². The van der Waals surface area contributed by atoms with Crippen LogP contribution in [0.1, 0.15) is 6.92 Å². The highest BCUT2D eigenvalue weighted by Crippen LogP contribution is 2.14. The van der Waals surface area contributed by atoms with Crippen molar-refractivity contribution in [2.24, 2.45) is 5.73 Å². The second-order valence-electron chi connectivity index (χ2n) is 3.76. The van der Waals surface area contributed by atoms with E-state index in [1.165, 1.54) is 6.92 Å². The minimum Gasteiger partial charge on any atom is -0.347 e. The molecule has 7 nitrogen and oxygen atoms in total. The van der Waals surface area contributed by atoms with E-state index in [4.69, 9.17) is 5.73 Å². The standard InChI is InChI=1S/C12H16N4O3/c1-8(17)15-9-3-2-4-10(7-9)16-12(19)11(18)14-6-5-13/h2-4,7H,5-6,13H2,1H3,(H,14,18)(H,15,17)(H,16,19). The van der Waals surface area contributed by atoms with Crippen LogP contribution in [0.4, 0.5) is 11.4 Å². The fourth-order valence-electron chi connectivity index (χ4n) is 1.33. The summed E-state index contributed by atoms with van der Waals surface area (Å²) >= 11 is 0. The Morgan fingerprint density at radius 2 is 1.74 bits per heavy atom. The lowest BCUT2D eigenvalue weighted by atomic mass is 10.2. The normalized spacial score (nSPS) is 9.58. The van der Waals surface area contributed by atoms with Gasteiger partial charge in [0.25, 0.3) is 0 Å². The van der Waals surface area contributed by atoms with Crippen LogP contribution in [0.15, 0.2) is 24.3 Å². The molecule has 0 atom stereocenters. The summed E-state index contributed by atoms with van der Waals surface area (Å²) in [4.78, 5) is 33.7. The zero-order chi connectivity index (χ0) is 14.3. The van der Waals surface area contributed by atoms with Gasteiger partial charge in [-0.3, -0.25) is 14.4 Å². The molecule has 0 aliphatic heterocycles. The van der Waals surface area contributed by atoms with Crippen LogP contribution in [0.3, 0.4) is 0 Å². The van der Waals surface area contributed by atoms with E-state index in [-0.39, 0.29) is 19.0 Å². The Morgan fingerprint density at radius 3 is 2.32 bits per heavy atom. The zero-order valence-corrected chi connectivity index (χ0v) is 10.5. The lowest BCUT2D eigenvalue weighted by Crippen LogP contribution is -2.37. The molecule has 1 aromatic rings. The van der Waals surface area contributed by atoms with Crippen molar-refractivity contribution >= 4 is 29.1 Å². The van der Waals surface area contributed by atoms with Gasteiger partial charge in [-0.1, -0.05) is 6.07 Å². The number of carbonyl (C=O) groups is 3. The Kier molecular flexibility index (Phi) is 5.49. The molecule has 0 fully saturated rings. The molecule has 0 saturated heterocycles. The molecule has 5 N–H and O–H groups in total. The molecule has 0 heterocycles. The summed E-state index contributed by atoms with van der Waals surface area (Å²) in [5, 5.41) is 7.35. The summed E-state index contributed by atoms with van der Waals surface area (Å²) < 4.78 is 0. The number of hydrogen-bond donors (Lipinski definition) is 4. The van der Waals surface area contributed by atoms with Crippen LogP contribution in [-0.2, 0) is 14.4 Å². The van der Waals surface area contributed by atoms with E-state index < -0.39 is 11.8 Å². The number of nitrogens with two attached hydrogens (primary N) is 1. The van der Waals surface area contributed by atoms with E-state index in [1.807, 2.05) is 0 Å². The van der Waals surface area contributed by atoms with E-state index in [9.17, 15) is 14.4 Å². The van der Waals surface area contributed by atoms with Crippen molar-refractivity contribution in [2.45, 2.75) is 6.92 Å². The number of hydrogen-bond acceptors (Lipinski definition) is 4. The maximum absolute atomic E-state index is 11.5. The molecule has 3 amide bonds. The van der Waals surface area contributed by atoms with E-state index in [0.29, 0.717) is 11.4 Å². The molecule has 0 aliphatic carbocycles. The number of amides is 3. The lowest BCUT2D eigenvalue weighted by Gasteiger charge is -2.07. The van der Waals surface area contributed by atoms with E-state index >= 15 is 0 Å². The molecule has 1 rings (SSSR count). The second-order valence-corrected chi connectivity index (χ2v) is 3.76. The maximum Gasteiger partial charge on any atom is 0.313 e. The van der Waals surface area contributed by atoms with Crippen molar-refractivity contribution in [3.05, 3.63) is 24.3 Å². The second kappa shape index (κ2) is 7.12. The molecule has 0 radical (unpaired) electrons. The fraction of sp³-hybridized carbons (Fsp3) is 0.250. The zero-order valence-electron chi connectivity index (χ0n) is 10.5. The highest BCUT2D eigenvalue weighted by atomic mass is 16.2. The number of nitrogens with one attached hydrogen (secondary N) is 3. The molecule has 7 heteroatoms. The first-order chi connectivity index (χ1) is 9.02. The predicted molar refractivity (Wildman–Crippen MR) is 71.4 cm³/mol. The Bertz CT molecular complexity index is 488. The van der Waals surface area contributed by atoms with Gasteiger partial charge in [0, 0.05) is 31.4 Å². The largest absolute Gasteiger partial charge is 0.347 e. The SMILES string of the molecule is CC(=O)Nc1cccc(NC(=O)C(=O)NCCN)c1. The molecule has 102 valence electrons. The van der Waals surface area contributed by atoms with Gasteiger partial charge >= 0.3 is 11.8 Å². The molecule has 0 bridgehead atoms. The highest BCUT2D eigenvalue weighted by Gasteiger charge is 2.12. The van der Waals surface area contributed by atoms with Crippen LogP contribution in [-0.4, -0.2) is 30.8 Å². The van der Waals surface area contributed by atoms with Crippen molar-refractivity contribution in [1.82, 2.24) is 5.32 Å². The lowest BCUT2D eigenvalue weighted by molar-refractivity contribution is -0.136. The Morgan fingerprint density at radius 1 is 1.11 bits per heavy atom. The molecule has 0 spiro atoms. The smallest absolute Gasteiger partial charge is 0.313 e. The van der Waals surface area contributed by atoms with Crippen molar-refractivity contribution in [3.8, 4) is 0 Å². The van der Waals surface area contributed by atoms with Gasteiger partial charge in [-0.25, -0.2) is 0 Å². The molecule has 0 unspecified atom stereocenters. The molecule has 0 aromatic heterocycles. The average molecular weight is 264 g/mol. The quantitative estimate of drug-likeness (QED) is 0.557. The van der Waals surface area contributed by atoms with Gasteiger partial charge in [0.1, 0.15) is 0 Å². The minimum absolute atomic E-state index is 0.218. The van der Waals surface area contributed by atoms with Gasteiger partial charge in [-0.2, -0.15) is 0 Å². The van der Waals surface area contributed by atoms with Crippen LogP contribution in [0, 0.1) is 0 Å². The predicted octanol–water partition coefficient (Wildman–Crippen LogP) is -0.342. The summed E-state index contributed by atoms with van der Waals surface area (Å²) in [5.74, 6) is -1.76. The highest BCUT2D eigenvalue weighted by molar-refractivity contribution is 6.39. The van der Waals surface area contributed by atoms with Crippen molar-refractivity contribution in [1.29, 1.82) is 0 Å². The van der Waals surface area contributed by atoms with Gasteiger partial charge in [0.2, 0.25) is 5.91 Å². The first-order valence-electron chi connectivity index (χ1n) is 5.70. The molecular formula is C12H16N4O3. The Balaban J connectivity index is 2.63. The number of rotatable bonds is 4. The third-order valence-corrected chi connectivity index (χ3v) is 2.08. The fourth-order valence-corrected chi connectivity index (χ4v) is 1.33. The van der Waals surface area contributed by atoms with Crippen molar-refractivity contribution in [3.63, 3.8) is 0 Å². The monoisotopic (exact) mass is 264 g/mol. The molecule has 0 aliphatic rings. The topological polar surface area (TPSA) is 113 Å². The first kappa shape index (κ1) is 14.7. The van der Waals surface area contributed by atoms with Crippen LogP contribution in [0.25, 0.3) is 0 Å². The summed E-state index contributed by atoms with van der Waals surface area (Å²) in [6.07, 6.45) is 0. The Labute approximate surface area is 110 Å². The van der Waals surface area contributed by atoms with Gasteiger partial charge in [-0.05, 0) is 18.2 Å². The number of anilines is 2. The molecule has 0 saturated carbocycles. The van der Waals surface area contributed by atoms with E-state index in [1.54, 1.807) is 24.3 Å². The summed E-state index contributed by atoms with van der Waals surface area (Å²) in [6.45, 7) is 1.88. The number of benzene rings is 1. The van der Waals surface area contributed by atoms with Gasteiger partial charge < -0.3 is 21.7 Å². The third-order valence-electron chi connectivity index (χ3n) is 2.08. The minimum atomic E-state index is -0.784. The van der Waals surface area contributed by atoms with Gasteiger partial charge in [0.05, 0.1) is 0 Å². The van der Waals surface area contributed by atoms with Gasteiger partial charge in [-0.15, -0.1) is 0 Å². The molecular weight excluding hydrogens is 248 g/mol. The number of carbonyl (C=O) groups excluding carboxylic acids is 3. The van der Waals surface area contributed by atoms with Crippen molar-refractivity contribution < 1.29 is 14.4 Å². The van der Waals surface area contributed by atoms with Crippen LogP contribution in [0.2, 0.25) is 0 Å². The van der Waals surface area contributed by atoms with Gasteiger partial charge in [0.15, 0.2) is 0 Å². The third kappa shape index (κ3) is 5.17.